The molecule has 1 aromatic heterocycles. The van der Waals surface area contributed by atoms with E-state index < -0.39 is 5.54 Å². The number of primary amides is 1. The third-order valence-corrected chi connectivity index (χ3v) is 3.73. The summed E-state index contributed by atoms with van der Waals surface area (Å²) < 4.78 is 5.41. The van der Waals surface area contributed by atoms with E-state index >= 15 is 0 Å². The third-order valence-electron chi connectivity index (χ3n) is 2.59. The second-order valence-electron chi connectivity index (χ2n) is 3.86. The molecular formula is C10H17N3O2S. The van der Waals surface area contributed by atoms with Gasteiger partial charge in [-0.3, -0.25) is 4.79 Å². The SMILES string of the molecule is CNC(C)(CSc1nc(C)c(C)o1)C(N)=O. The molecule has 0 saturated heterocycles. The van der Waals surface area contributed by atoms with Crippen LogP contribution in [-0.4, -0.2) is 29.2 Å². The fourth-order valence-corrected chi connectivity index (χ4v) is 2.06. The van der Waals surface area contributed by atoms with E-state index in [0.29, 0.717) is 11.0 Å². The number of carbonyl (C=O) groups is 1. The maximum absolute atomic E-state index is 11.2. The Morgan fingerprint density at radius 3 is 2.62 bits per heavy atom. The van der Waals surface area contributed by atoms with Crippen molar-refractivity contribution in [1.29, 1.82) is 0 Å². The number of nitrogens with two attached hydrogens (primary N) is 1. The van der Waals surface area contributed by atoms with Gasteiger partial charge in [0.1, 0.15) is 11.3 Å². The quantitative estimate of drug-likeness (QED) is 0.749. The Hall–Kier alpha value is -1.01. The predicted molar refractivity (Wildman–Crippen MR) is 63.4 cm³/mol. The van der Waals surface area contributed by atoms with Gasteiger partial charge in [-0.2, -0.15) is 0 Å². The number of nitrogens with one attached hydrogen (secondary N) is 1. The van der Waals surface area contributed by atoms with Gasteiger partial charge in [-0.05, 0) is 27.8 Å². The molecule has 3 N–H and O–H groups in total. The smallest absolute Gasteiger partial charge is 0.256 e. The molecule has 0 aliphatic carbocycles. The number of aromatic nitrogens is 1. The molecule has 0 aliphatic heterocycles. The van der Waals surface area contributed by atoms with Crippen LogP contribution in [0.3, 0.4) is 0 Å². The number of nitrogens with zero attached hydrogens (tertiary/aromatic N) is 1. The highest BCUT2D eigenvalue weighted by atomic mass is 32.2. The maximum Gasteiger partial charge on any atom is 0.256 e. The van der Waals surface area contributed by atoms with Crippen LogP contribution in [-0.2, 0) is 4.79 Å². The van der Waals surface area contributed by atoms with Crippen LogP contribution in [0.1, 0.15) is 18.4 Å². The van der Waals surface area contributed by atoms with Crippen molar-refractivity contribution in [2.24, 2.45) is 5.73 Å². The Morgan fingerprint density at radius 1 is 1.62 bits per heavy atom. The number of hydrogen-bond acceptors (Lipinski definition) is 5. The Balaban J connectivity index is 2.66. The fraction of sp³-hybridized carbons (Fsp3) is 0.600. The second-order valence-corrected chi connectivity index (χ2v) is 4.78. The van der Waals surface area contributed by atoms with Crippen LogP contribution in [0.5, 0.6) is 0 Å². The summed E-state index contributed by atoms with van der Waals surface area (Å²) in [4.78, 5) is 15.5. The van der Waals surface area contributed by atoms with Crippen LogP contribution in [0.25, 0.3) is 0 Å². The van der Waals surface area contributed by atoms with Crippen molar-refractivity contribution >= 4 is 17.7 Å². The lowest BCUT2D eigenvalue weighted by Gasteiger charge is -2.23. The molecule has 1 atom stereocenters. The van der Waals surface area contributed by atoms with Gasteiger partial charge in [0, 0.05) is 5.75 Å². The number of hydrogen-bond donors (Lipinski definition) is 2. The molecule has 5 nitrogen and oxygen atoms in total. The first kappa shape index (κ1) is 13.1. The summed E-state index contributed by atoms with van der Waals surface area (Å²) in [5.74, 6) is 0.897. The Labute approximate surface area is 99.2 Å². The number of rotatable bonds is 5. The average Bonchev–Trinajstić information content (AvgIpc) is 2.55. The minimum absolute atomic E-state index is 0.387. The van der Waals surface area contributed by atoms with Gasteiger partial charge in [0.15, 0.2) is 0 Å². The minimum Gasteiger partial charge on any atom is -0.437 e. The predicted octanol–water partition coefficient (Wildman–Crippen LogP) is 0.847. The molecule has 1 aromatic rings. The zero-order valence-corrected chi connectivity index (χ0v) is 10.8. The first-order valence-electron chi connectivity index (χ1n) is 4.94. The van der Waals surface area contributed by atoms with Crippen molar-refractivity contribution in [2.45, 2.75) is 31.5 Å². The molecule has 0 radical (unpaired) electrons. The van der Waals surface area contributed by atoms with Gasteiger partial charge >= 0.3 is 0 Å². The normalized spacial score (nSPS) is 14.8. The largest absolute Gasteiger partial charge is 0.437 e. The molecule has 1 unspecified atom stereocenters. The van der Waals surface area contributed by atoms with Gasteiger partial charge in [-0.1, -0.05) is 11.8 Å². The molecular weight excluding hydrogens is 226 g/mol. The molecule has 0 saturated carbocycles. The van der Waals surface area contributed by atoms with Crippen molar-refractivity contribution in [1.82, 2.24) is 10.3 Å². The molecule has 0 fully saturated rings. The molecule has 1 amide bonds. The van der Waals surface area contributed by atoms with Gasteiger partial charge < -0.3 is 15.5 Å². The van der Waals surface area contributed by atoms with Gasteiger partial charge in [-0.15, -0.1) is 0 Å². The molecule has 0 spiro atoms. The standard InChI is InChI=1S/C10H17N3O2S/c1-6-7(2)15-9(13-6)16-5-10(3,12-4)8(11)14/h12H,5H2,1-4H3,(H2,11,14). The third kappa shape index (κ3) is 2.76. The van der Waals surface area contributed by atoms with Gasteiger partial charge in [-0.25, -0.2) is 4.98 Å². The van der Waals surface area contributed by atoms with Crippen molar-refractivity contribution in [3.8, 4) is 0 Å². The first-order valence-corrected chi connectivity index (χ1v) is 5.93. The Kier molecular flexibility index (Phi) is 3.98. The van der Waals surface area contributed by atoms with E-state index in [9.17, 15) is 4.79 Å². The van der Waals surface area contributed by atoms with Crippen LogP contribution in [0.15, 0.2) is 9.64 Å². The molecule has 1 rings (SSSR count). The summed E-state index contributed by atoms with van der Waals surface area (Å²) in [6.07, 6.45) is 0. The van der Waals surface area contributed by atoms with Crippen LogP contribution in [0.4, 0.5) is 0 Å². The van der Waals surface area contributed by atoms with E-state index in [1.165, 1.54) is 11.8 Å². The summed E-state index contributed by atoms with van der Waals surface area (Å²) in [5.41, 5.74) is 5.43. The van der Waals surface area contributed by atoms with Crippen molar-refractivity contribution in [3.05, 3.63) is 11.5 Å². The molecule has 1 heterocycles. The summed E-state index contributed by atoms with van der Waals surface area (Å²) >= 11 is 1.37. The highest BCUT2D eigenvalue weighted by molar-refractivity contribution is 7.99. The number of thioether (sulfide) groups is 1. The van der Waals surface area contributed by atoms with E-state index in [1.807, 2.05) is 13.8 Å². The number of oxazole rings is 1. The Morgan fingerprint density at radius 2 is 2.25 bits per heavy atom. The summed E-state index contributed by atoms with van der Waals surface area (Å²) in [6, 6.07) is 0. The molecule has 0 bridgehead atoms. The fourth-order valence-electron chi connectivity index (χ4n) is 0.978. The van der Waals surface area contributed by atoms with E-state index in [-0.39, 0.29) is 5.91 Å². The topological polar surface area (TPSA) is 81.2 Å². The molecule has 90 valence electrons. The number of amides is 1. The van der Waals surface area contributed by atoms with Gasteiger partial charge in [0.05, 0.1) is 5.69 Å². The van der Waals surface area contributed by atoms with Crippen molar-refractivity contribution in [2.75, 3.05) is 12.8 Å². The second kappa shape index (κ2) is 4.88. The maximum atomic E-state index is 11.2. The minimum atomic E-state index is -0.749. The van der Waals surface area contributed by atoms with E-state index in [4.69, 9.17) is 10.2 Å². The lowest BCUT2D eigenvalue weighted by molar-refractivity contribution is -0.122. The lowest BCUT2D eigenvalue weighted by atomic mass is 10.1. The van der Waals surface area contributed by atoms with Gasteiger partial charge in [0.25, 0.3) is 5.22 Å². The van der Waals surface area contributed by atoms with E-state index in [1.54, 1.807) is 14.0 Å². The average molecular weight is 243 g/mol. The molecule has 0 aliphatic rings. The van der Waals surface area contributed by atoms with E-state index in [2.05, 4.69) is 10.3 Å². The number of aryl methyl sites for hydroxylation is 2. The lowest BCUT2D eigenvalue weighted by Crippen LogP contribution is -2.53. The monoisotopic (exact) mass is 243 g/mol. The number of likely N-dealkylation sites (N-methyl/N-ethyl adjacent to an activating group) is 1. The molecule has 16 heavy (non-hydrogen) atoms. The van der Waals surface area contributed by atoms with E-state index in [0.717, 1.165) is 11.5 Å². The van der Waals surface area contributed by atoms with Gasteiger partial charge in [0.2, 0.25) is 5.91 Å². The molecule has 0 aromatic carbocycles. The summed E-state index contributed by atoms with van der Waals surface area (Å²) in [5, 5.41) is 3.47. The summed E-state index contributed by atoms with van der Waals surface area (Å²) in [6.45, 7) is 5.50. The summed E-state index contributed by atoms with van der Waals surface area (Å²) in [7, 11) is 1.71. The number of carbonyl (C=O) groups excluding carboxylic acids is 1. The van der Waals surface area contributed by atoms with Crippen LogP contribution in [0.2, 0.25) is 0 Å². The van der Waals surface area contributed by atoms with Crippen LogP contribution >= 0.6 is 11.8 Å². The zero-order chi connectivity index (χ0) is 12.3. The van der Waals surface area contributed by atoms with Crippen molar-refractivity contribution in [3.63, 3.8) is 0 Å². The van der Waals surface area contributed by atoms with Crippen LogP contribution in [0, 0.1) is 13.8 Å². The highest BCUT2D eigenvalue weighted by Gasteiger charge is 2.29. The van der Waals surface area contributed by atoms with Crippen molar-refractivity contribution < 1.29 is 9.21 Å². The highest BCUT2D eigenvalue weighted by Crippen LogP contribution is 2.23. The Bertz CT molecular complexity index is 372. The molecule has 6 heteroatoms. The first-order chi connectivity index (χ1) is 7.39. The zero-order valence-electron chi connectivity index (χ0n) is 9.96. The van der Waals surface area contributed by atoms with Crippen LogP contribution < -0.4 is 11.1 Å².